The van der Waals surface area contributed by atoms with Crippen LogP contribution in [0.15, 0.2) is 64.6 Å². The molecule has 2 heterocycles. The van der Waals surface area contributed by atoms with Crippen molar-refractivity contribution in [3.63, 3.8) is 0 Å². The van der Waals surface area contributed by atoms with E-state index in [1.54, 1.807) is 0 Å². The quantitative estimate of drug-likeness (QED) is 0.560. The Morgan fingerprint density at radius 3 is 2.29 bits per heavy atom. The van der Waals surface area contributed by atoms with E-state index in [1.807, 2.05) is 0 Å². The Morgan fingerprint density at radius 1 is 1.03 bits per heavy atom. The molecule has 1 aliphatic heterocycles. The number of benzene rings is 2. The van der Waals surface area contributed by atoms with Crippen LogP contribution >= 0.6 is 0 Å². The fourth-order valence-electron chi connectivity index (χ4n) is 4.02. The number of allylic oxidation sites excluding steroid dienone is 1. The van der Waals surface area contributed by atoms with Crippen LogP contribution in [0.2, 0.25) is 0 Å². The number of ether oxygens (including phenoxy) is 2. The highest BCUT2D eigenvalue weighted by molar-refractivity contribution is 5.94. The molecule has 35 heavy (non-hydrogen) atoms. The number of aromatic amines is 1. The minimum Gasteiger partial charge on any atom is -0.466 e. The van der Waals surface area contributed by atoms with Crippen LogP contribution in [0.5, 0.6) is 0 Å². The number of hydrogen-bond donors (Lipinski definition) is 1. The number of hydrogen-bond acceptors (Lipinski definition) is 7. The molecule has 2 aromatic carbocycles. The molecule has 9 nitrogen and oxygen atoms in total. The van der Waals surface area contributed by atoms with E-state index in [0.29, 0.717) is 5.56 Å². The fraction of sp³-hybridized carbons (Fsp3) is 0.217. The lowest BCUT2D eigenvalue weighted by Crippen LogP contribution is -2.37. The lowest BCUT2D eigenvalue weighted by atomic mass is 9.93. The molecule has 0 spiro atoms. The number of fused-ring (bicyclic) bond motifs is 1. The van der Waals surface area contributed by atoms with Crippen molar-refractivity contribution in [2.75, 3.05) is 19.1 Å². The Balaban J connectivity index is 1.95. The summed E-state index contributed by atoms with van der Waals surface area (Å²) in [6, 6.07) is 9.41. The Morgan fingerprint density at radius 2 is 1.69 bits per heavy atom. The van der Waals surface area contributed by atoms with Gasteiger partial charge in [-0.1, -0.05) is 18.2 Å². The number of carbonyl (C=O) groups is 2. The Hall–Kier alpha value is -4.35. The van der Waals surface area contributed by atoms with Gasteiger partial charge in [-0.2, -0.15) is 13.2 Å². The number of rotatable bonds is 4. The van der Waals surface area contributed by atoms with Gasteiger partial charge in [-0.15, -0.1) is 5.10 Å². The van der Waals surface area contributed by atoms with Crippen molar-refractivity contribution < 1.29 is 32.2 Å². The van der Waals surface area contributed by atoms with E-state index in [-0.39, 0.29) is 28.5 Å². The van der Waals surface area contributed by atoms with Gasteiger partial charge in [-0.05, 0) is 42.8 Å². The number of anilines is 2. The van der Waals surface area contributed by atoms with E-state index < -0.39 is 35.4 Å². The lowest BCUT2D eigenvalue weighted by molar-refractivity contribution is -0.138. The van der Waals surface area contributed by atoms with Gasteiger partial charge in [-0.25, -0.2) is 24.0 Å². The summed E-state index contributed by atoms with van der Waals surface area (Å²) in [5, 5.41) is 6.32. The molecule has 0 fully saturated rings. The third kappa shape index (κ3) is 4.07. The number of carbonyl (C=O) groups excluding carboxylic acids is 2. The number of methoxy groups -OCH3 is 2. The van der Waals surface area contributed by atoms with E-state index in [4.69, 9.17) is 9.47 Å². The molecule has 1 N–H and O–H groups in total. The number of halogens is 3. The average Bonchev–Trinajstić information content (AvgIpc) is 3.22. The molecule has 3 aromatic rings. The molecule has 0 amide bonds. The van der Waals surface area contributed by atoms with Crippen molar-refractivity contribution in [2.24, 2.45) is 0 Å². The zero-order valence-electron chi connectivity index (χ0n) is 18.7. The third-order valence-corrected chi connectivity index (χ3v) is 5.63. The van der Waals surface area contributed by atoms with Gasteiger partial charge in [0, 0.05) is 11.4 Å². The molecule has 0 saturated heterocycles. The van der Waals surface area contributed by atoms with Gasteiger partial charge >= 0.3 is 23.8 Å². The number of H-pyrrole nitrogens is 1. The van der Waals surface area contributed by atoms with Gasteiger partial charge in [-0.3, -0.25) is 4.90 Å². The van der Waals surface area contributed by atoms with Crippen molar-refractivity contribution in [1.29, 1.82) is 0 Å². The summed E-state index contributed by atoms with van der Waals surface area (Å²) in [6.45, 7) is 1.52. The van der Waals surface area contributed by atoms with Crippen LogP contribution in [0.1, 0.15) is 34.5 Å². The largest absolute Gasteiger partial charge is 0.466 e. The zero-order chi connectivity index (χ0) is 25.5. The predicted molar refractivity (Wildman–Crippen MR) is 117 cm³/mol. The number of nitrogens with one attached hydrogen (secondary N) is 1. The molecule has 1 aliphatic rings. The molecular weight excluding hydrogens is 469 g/mol. The normalized spacial score (nSPS) is 15.6. The minimum atomic E-state index is -4.61. The maximum Gasteiger partial charge on any atom is 0.416 e. The second-order valence-corrected chi connectivity index (χ2v) is 7.59. The molecule has 182 valence electrons. The van der Waals surface area contributed by atoms with E-state index in [2.05, 4.69) is 10.2 Å². The first-order valence-electron chi connectivity index (χ1n) is 10.2. The molecule has 0 bridgehead atoms. The topological polar surface area (TPSA) is 107 Å². The number of alkyl halides is 3. The lowest BCUT2D eigenvalue weighted by Gasteiger charge is -2.35. The van der Waals surface area contributed by atoms with Gasteiger partial charge in [0.1, 0.15) is 6.04 Å². The second-order valence-electron chi connectivity index (χ2n) is 7.59. The maximum absolute atomic E-state index is 13.4. The minimum absolute atomic E-state index is 0.00623. The van der Waals surface area contributed by atoms with E-state index >= 15 is 0 Å². The van der Waals surface area contributed by atoms with Gasteiger partial charge in [0.15, 0.2) is 0 Å². The summed E-state index contributed by atoms with van der Waals surface area (Å²) in [5.74, 6) is -1.39. The molecule has 1 atom stereocenters. The van der Waals surface area contributed by atoms with Crippen LogP contribution in [-0.4, -0.2) is 40.9 Å². The van der Waals surface area contributed by atoms with Gasteiger partial charge < -0.3 is 9.47 Å². The highest BCUT2D eigenvalue weighted by Gasteiger charge is 2.40. The molecule has 1 aromatic heterocycles. The smallest absolute Gasteiger partial charge is 0.416 e. The van der Waals surface area contributed by atoms with Crippen LogP contribution in [0.4, 0.5) is 24.8 Å². The molecule has 12 heteroatoms. The molecule has 0 saturated carbocycles. The van der Waals surface area contributed by atoms with Crippen LogP contribution in [0.3, 0.4) is 0 Å². The Labute approximate surface area is 196 Å². The van der Waals surface area contributed by atoms with E-state index in [1.165, 1.54) is 55.3 Å². The van der Waals surface area contributed by atoms with Crippen molar-refractivity contribution in [1.82, 2.24) is 14.8 Å². The monoisotopic (exact) mass is 488 g/mol. The third-order valence-electron chi connectivity index (χ3n) is 5.63. The van der Waals surface area contributed by atoms with Crippen molar-refractivity contribution in [3.05, 3.63) is 87.0 Å². The average molecular weight is 488 g/mol. The first-order valence-corrected chi connectivity index (χ1v) is 10.2. The standard InChI is InChI=1S/C23H19F3N4O5/c1-12-17(20(32)35-3)18(13-7-9-14(10-8-13)19(31)34-2)30-21(27-28-22(30)33)29(12)16-6-4-5-15(11-16)23(24,25)26/h4-11,18H,1-3H3,(H,28,33). The molecule has 0 radical (unpaired) electrons. The van der Waals surface area contributed by atoms with E-state index in [9.17, 15) is 27.6 Å². The fourth-order valence-corrected chi connectivity index (χ4v) is 4.02. The zero-order valence-corrected chi connectivity index (χ0v) is 18.7. The number of nitrogens with zero attached hydrogens (tertiary/aromatic N) is 3. The summed E-state index contributed by atoms with van der Waals surface area (Å²) in [5.41, 5.74) is -0.668. The summed E-state index contributed by atoms with van der Waals surface area (Å²) in [6.07, 6.45) is -4.61. The van der Waals surface area contributed by atoms with Crippen molar-refractivity contribution in [2.45, 2.75) is 19.1 Å². The highest BCUT2D eigenvalue weighted by Crippen LogP contribution is 2.42. The van der Waals surface area contributed by atoms with Crippen molar-refractivity contribution >= 4 is 23.6 Å². The Bertz CT molecular complexity index is 1390. The summed E-state index contributed by atoms with van der Waals surface area (Å²) < 4.78 is 50.9. The number of esters is 2. The summed E-state index contributed by atoms with van der Waals surface area (Å²) in [7, 11) is 2.39. The van der Waals surface area contributed by atoms with Crippen LogP contribution < -0.4 is 10.6 Å². The summed E-state index contributed by atoms with van der Waals surface area (Å²) in [4.78, 5) is 38.8. The molecule has 4 rings (SSSR count). The molecule has 0 aliphatic carbocycles. The van der Waals surface area contributed by atoms with Crippen LogP contribution in [0.25, 0.3) is 0 Å². The highest BCUT2D eigenvalue weighted by atomic mass is 19.4. The van der Waals surface area contributed by atoms with Gasteiger partial charge in [0.2, 0.25) is 5.95 Å². The number of aromatic nitrogens is 3. The second kappa shape index (κ2) is 8.78. The summed E-state index contributed by atoms with van der Waals surface area (Å²) >= 11 is 0. The van der Waals surface area contributed by atoms with E-state index in [0.717, 1.165) is 23.8 Å². The van der Waals surface area contributed by atoms with Crippen LogP contribution in [0, 0.1) is 0 Å². The SMILES string of the molecule is COC(=O)C1=C(C)N(c2cccc(C(F)(F)F)c2)c2n[nH]c(=O)n2C1c1ccc(C(=O)OC)cc1. The van der Waals surface area contributed by atoms with Crippen molar-refractivity contribution in [3.8, 4) is 0 Å². The first kappa shape index (κ1) is 23.8. The van der Waals surface area contributed by atoms with Gasteiger partial charge in [0.05, 0.1) is 30.9 Å². The molecular formula is C23H19F3N4O5. The predicted octanol–water partition coefficient (Wildman–Crippen LogP) is 3.56. The molecule has 1 unspecified atom stereocenters. The maximum atomic E-state index is 13.4. The Kier molecular flexibility index (Phi) is 5.97. The van der Waals surface area contributed by atoms with Gasteiger partial charge in [0.25, 0.3) is 0 Å². The first-order chi connectivity index (χ1) is 16.6. The van der Waals surface area contributed by atoms with Crippen LogP contribution in [-0.2, 0) is 20.4 Å².